The van der Waals surface area contributed by atoms with Crippen molar-refractivity contribution in [1.82, 2.24) is 0 Å². The number of likely N-dealkylation sites (tertiary alicyclic amines) is 1. The Bertz CT molecular complexity index is 783. The third-order valence-corrected chi connectivity index (χ3v) is 5.40. The predicted octanol–water partition coefficient (Wildman–Crippen LogP) is -0.932. The summed E-state index contributed by atoms with van der Waals surface area (Å²) < 4.78 is 26.7. The number of esters is 2. The average molecular weight is 486 g/mol. The normalized spacial score (nSPS) is 17.2. The van der Waals surface area contributed by atoms with Crippen LogP contribution in [-0.4, -0.2) is 66.1 Å². The molecule has 1 aliphatic rings. The Labute approximate surface area is 202 Å². The number of nitrogens with one attached hydrogen (secondary N) is 1. The summed E-state index contributed by atoms with van der Waals surface area (Å²) in [7, 11) is 4.52. The van der Waals surface area contributed by atoms with E-state index in [1.54, 1.807) is 12.1 Å². The van der Waals surface area contributed by atoms with Crippen LogP contribution in [0.25, 0.3) is 0 Å². The van der Waals surface area contributed by atoms with Crippen molar-refractivity contribution in [2.45, 2.75) is 33.1 Å². The molecule has 2 rings (SSSR count). The summed E-state index contributed by atoms with van der Waals surface area (Å²) in [6, 6.07) is 3.17. The van der Waals surface area contributed by atoms with E-state index in [0.717, 1.165) is 44.5 Å². The van der Waals surface area contributed by atoms with E-state index in [-0.39, 0.29) is 18.4 Å². The molecular formula is C24H36ClNO7. The minimum absolute atomic E-state index is 0. The number of hydrogen-bond donors (Lipinski definition) is 1. The average Bonchev–Trinajstić information content (AvgIpc) is 2.79. The van der Waals surface area contributed by atoms with Gasteiger partial charge in [-0.2, -0.15) is 0 Å². The summed E-state index contributed by atoms with van der Waals surface area (Å²) in [6.07, 6.45) is 4.46. The smallest absolute Gasteiger partial charge is 0.338 e. The molecule has 1 fully saturated rings. The van der Waals surface area contributed by atoms with E-state index in [1.807, 2.05) is 13.8 Å². The van der Waals surface area contributed by atoms with Crippen molar-refractivity contribution >= 4 is 11.9 Å². The topological polar surface area (TPSA) is 84.7 Å². The monoisotopic (exact) mass is 485 g/mol. The minimum atomic E-state index is -0.429. The van der Waals surface area contributed by atoms with Gasteiger partial charge in [-0.15, -0.1) is 0 Å². The van der Waals surface area contributed by atoms with Crippen molar-refractivity contribution in [3.63, 3.8) is 0 Å². The highest BCUT2D eigenvalue weighted by atomic mass is 35.5. The van der Waals surface area contributed by atoms with Gasteiger partial charge < -0.3 is 41.0 Å². The first-order valence-corrected chi connectivity index (χ1v) is 11.0. The van der Waals surface area contributed by atoms with Crippen molar-refractivity contribution in [1.29, 1.82) is 0 Å². The Morgan fingerprint density at radius 1 is 1.06 bits per heavy atom. The maximum atomic E-state index is 12.5. The number of carbonyl (C=O) groups excluding carboxylic acids is 2. The number of halogens is 1. The first-order valence-electron chi connectivity index (χ1n) is 11.0. The molecule has 0 aliphatic carbocycles. The summed E-state index contributed by atoms with van der Waals surface area (Å²) in [5, 5.41) is 0. The van der Waals surface area contributed by atoms with E-state index >= 15 is 0 Å². The second-order valence-corrected chi connectivity index (χ2v) is 8.22. The van der Waals surface area contributed by atoms with Crippen LogP contribution in [-0.2, 0) is 14.3 Å². The summed E-state index contributed by atoms with van der Waals surface area (Å²) in [6.45, 7) is 7.50. The van der Waals surface area contributed by atoms with Crippen molar-refractivity contribution in [3.05, 3.63) is 29.3 Å². The van der Waals surface area contributed by atoms with E-state index in [1.165, 1.54) is 32.3 Å². The van der Waals surface area contributed by atoms with Crippen molar-refractivity contribution < 1.29 is 50.6 Å². The van der Waals surface area contributed by atoms with Gasteiger partial charge >= 0.3 is 11.9 Å². The first-order chi connectivity index (χ1) is 15.4. The zero-order valence-electron chi connectivity index (χ0n) is 20.2. The van der Waals surface area contributed by atoms with E-state index in [0.29, 0.717) is 41.9 Å². The molecule has 0 spiro atoms. The quantitative estimate of drug-likeness (QED) is 0.246. The summed E-state index contributed by atoms with van der Waals surface area (Å²) in [5.41, 5.74) is 1.29. The largest absolute Gasteiger partial charge is 1.00 e. The van der Waals surface area contributed by atoms with Crippen LogP contribution >= 0.6 is 0 Å². The Morgan fingerprint density at radius 2 is 1.73 bits per heavy atom. The lowest BCUT2D eigenvalue weighted by molar-refractivity contribution is -0.909. The molecule has 1 aromatic rings. The second-order valence-electron chi connectivity index (χ2n) is 8.22. The van der Waals surface area contributed by atoms with Crippen LogP contribution < -0.4 is 31.5 Å². The Hall–Kier alpha value is -2.45. The van der Waals surface area contributed by atoms with Gasteiger partial charge in [-0.05, 0) is 38.8 Å². The van der Waals surface area contributed by atoms with E-state index in [2.05, 4.69) is 0 Å². The SMILES string of the molecule is COc1cc(C(=O)OCCC[NH+]2CCCC(COC(=O)C=C(C)C)C2)cc(OC)c1OC.[Cl-]. The van der Waals surface area contributed by atoms with Gasteiger partial charge in [-0.1, -0.05) is 5.57 Å². The molecule has 0 aromatic heterocycles. The fourth-order valence-electron chi connectivity index (χ4n) is 3.87. The number of allylic oxidation sites excluding steroid dienone is 1. The van der Waals surface area contributed by atoms with E-state index < -0.39 is 5.97 Å². The third kappa shape index (κ3) is 9.14. The number of piperidine rings is 1. The van der Waals surface area contributed by atoms with Crippen LogP contribution in [0.5, 0.6) is 17.2 Å². The van der Waals surface area contributed by atoms with Crippen LogP contribution in [0, 0.1) is 5.92 Å². The van der Waals surface area contributed by atoms with Gasteiger partial charge in [-0.25, -0.2) is 9.59 Å². The zero-order chi connectivity index (χ0) is 23.5. The number of methoxy groups -OCH3 is 3. The van der Waals surface area contributed by atoms with Crippen LogP contribution in [0.4, 0.5) is 0 Å². The highest BCUT2D eigenvalue weighted by molar-refractivity contribution is 5.91. The highest BCUT2D eigenvalue weighted by Crippen LogP contribution is 2.38. The van der Waals surface area contributed by atoms with Crippen molar-refractivity contribution in [2.75, 3.05) is 54.2 Å². The third-order valence-electron chi connectivity index (χ3n) is 5.40. The lowest BCUT2D eigenvalue weighted by atomic mass is 9.99. The standard InChI is InChI=1S/C24H35NO7.ClH/c1-17(2)12-22(26)32-16-18-8-6-9-25(15-18)10-7-11-31-24(27)19-13-20(28-3)23(30-5)21(14-19)29-4;/h12-14,18H,6-11,15-16H2,1-5H3;1H. The summed E-state index contributed by atoms with van der Waals surface area (Å²) in [5.74, 6) is 0.926. The van der Waals surface area contributed by atoms with E-state index in [9.17, 15) is 9.59 Å². The van der Waals surface area contributed by atoms with Crippen molar-refractivity contribution in [3.8, 4) is 17.2 Å². The molecule has 0 saturated carbocycles. The number of ether oxygens (including phenoxy) is 5. The molecular weight excluding hydrogens is 450 g/mol. The molecule has 2 unspecified atom stereocenters. The van der Waals surface area contributed by atoms with Gasteiger partial charge in [0, 0.05) is 18.4 Å². The predicted molar refractivity (Wildman–Crippen MR) is 120 cm³/mol. The molecule has 33 heavy (non-hydrogen) atoms. The molecule has 1 saturated heterocycles. The molecule has 186 valence electrons. The molecule has 1 aliphatic heterocycles. The zero-order valence-corrected chi connectivity index (χ0v) is 21.0. The maximum absolute atomic E-state index is 12.5. The van der Waals surface area contributed by atoms with Gasteiger partial charge in [0.05, 0.1) is 59.7 Å². The lowest BCUT2D eigenvalue weighted by Crippen LogP contribution is -3.13. The Kier molecular flexibility index (Phi) is 12.7. The number of carbonyl (C=O) groups is 2. The summed E-state index contributed by atoms with van der Waals surface area (Å²) >= 11 is 0. The number of rotatable bonds is 11. The van der Waals surface area contributed by atoms with Gasteiger partial charge in [-0.3, -0.25) is 0 Å². The fourth-order valence-corrected chi connectivity index (χ4v) is 3.87. The number of hydrogen-bond acceptors (Lipinski definition) is 7. The van der Waals surface area contributed by atoms with Gasteiger partial charge in [0.1, 0.15) is 0 Å². The highest BCUT2D eigenvalue weighted by Gasteiger charge is 2.24. The molecule has 1 aromatic carbocycles. The van der Waals surface area contributed by atoms with Crippen LogP contribution in [0.15, 0.2) is 23.8 Å². The van der Waals surface area contributed by atoms with Gasteiger partial charge in [0.15, 0.2) is 11.5 Å². The molecule has 1 heterocycles. The molecule has 0 radical (unpaired) electrons. The molecule has 0 bridgehead atoms. The lowest BCUT2D eigenvalue weighted by Gasteiger charge is -2.29. The van der Waals surface area contributed by atoms with Crippen LogP contribution in [0.2, 0.25) is 0 Å². The Morgan fingerprint density at radius 3 is 2.30 bits per heavy atom. The van der Waals surface area contributed by atoms with Crippen molar-refractivity contribution in [2.24, 2.45) is 5.92 Å². The van der Waals surface area contributed by atoms with E-state index in [4.69, 9.17) is 23.7 Å². The van der Waals surface area contributed by atoms with Crippen LogP contribution in [0.3, 0.4) is 0 Å². The maximum Gasteiger partial charge on any atom is 0.338 e. The molecule has 9 heteroatoms. The molecule has 0 amide bonds. The molecule has 1 N–H and O–H groups in total. The summed E-state index contributed by atoms with van der Waals surface area (Å²) in [4.78, 5) is 25.6. The number of quaternary nitrogens is 1. The van der Waals surface area contributed by atoms with Gasteiger partial charge in [0.2, 0.25) is 5.75 Å². The second kappa shape index (κ2) is 14.6. The van der Waals surface area contributed by atoms with Crippen LogP contribution in [0.1, 0.15) is 43.5 Å². The fraction of sp³-hybridized carbons (Fsp3) is 0.583. The minimum Gasteiger partial charge on any atom is -1.00 e. The molecule has 8 nitrogen and oxygen atoms in total. The Balaban J connectivity index is 0.00000544. The number of benzene rings is 1. The molecule has 2 atom stereocenters. The first kappa shape index (κ1) is 28.6. The van der Waals surface area contributed by atoms with Gasteiger partial charge in [0.25, 0.3) is 0 Å².